The molecule has 0 radical (unpaired) electrons. The summed E-state index contributed by atoms with van der Waals surface area (Å²) in [5, 5.41) is 7.02. The molecule has 0 amide bonds. The summed E-state index contributed by atoms with van der Waals surface area (Å²) < 4.78 is 2.39. The van der Waals surface area contributed by atoms with Gasteiger partial charge in [0.05, 0.1) is 11.9 Å². The van der Waals surface area contributed by atoms with E-state index in [2.05, 4.69) is 44.9 Å². The van der Waals surface area contributed by atoms with Gasteiger partial charge in [0.1, 0.15) is 5.82 Å². The third-order valence-electron chi connectivity index (χ3n) is 6.32. The number of anilines is 2. The zero-order valence-corrected chi connectivity index (χ0v) is 16.7. The van der Waals surface area contributed by atoms with Crippen LogP contribution < -0.4 is 15.5 Å². The fourth-order valence-electron chi connectivity index (χ4n) is 4.51. The minimum Gasteiger partial charge on any atom is -0.371 e. The highest BCUT2D eigenvalue weighted by molar-refractivity contribution is 5.79. The van der Waals surface area contributed by atoms with Crippen molar-refractivity contribution in [3.8, 4) is 11.4 Å². The molecule has 1 saturated carbocycles. The van der Waals surface area contributed by atoms with Crippen LogP contribution in [0.5, 0.6) is 0 Å². The quantitative estimate of drug-likeness (QED) is 0.812. The number of hydrogen-bond donors (Lipinski definition) is 2. The van der Waals surface area contributed by atoms with Gasteiger partial charge in [0.15, 0.2) is 0 Å². The molecule has 5 heteroatoms. The van der Waals surface area contributed by atoms with Gasteiger partial charge in [-0.25, -0.2) is 4.98 Å². The van der Waals surface area contributed by atoms with Gasteiger partial charge in [0.25, 0.3) is 0 Å². The molecule has 2 N–H and O–H groups in total. The highest BCUT2D eigenvalue weighted by Crippen LogP contribution is 2.38. The Balaban J connectivity index is 1.53. The molecule has 5 nitrogen and oxygen atoms in total. The van der Waals surface area contributed by atoms with E-state index in [0.717, 1.165) is 44.2 Å². The van der Waals surface area contributed by atoms with Crippen LogP contribution in [0.25, 0.3) is 11.4 Å². The Hall–Kier alpha value is -2.27. The van der Waals surface area contributed by atoms with Gasteiger partial charge in [-0.2, -0.15) is 0 Å². The third kappa shape index (κ3) is 3.55. The van der Waals surface area contributed by atoms with E-state index in [1.807, 2.05) is 6.20 Å². The Morgan fingerprint density at radius 1 is 1.11 bits per heavy atom. The van der Waals surface area contributed by atoms with Crippen LogP contribution in [0.3, 0.4) is 0 Å². The van der Waals surface area contributed by atoms with Crippen LogP contribution in [-0.2, 0) is 13.1 Å². The fourth-order valence-corrected chi connectivity index (χ4v) is 4.51. The first-order chi connectivity index (χ1) is 13.8. The second-order valence-corrected chi connectivity index (χ2v) is 8.46. The maximum atomic E-state index is 4.83. The summed E-state index contributed by atoms with van der Waals surface area (Å²) in [5.41, 5.74) is 6.19. The molecular formula is C23H31N5. The zero-order valence-electron chi connectivity index (χ0n) is 16.7. The third-order valence-corrected chi connectivity index (χ3v) is 6.32. The zero-order chi connectivity index (χ0) is 18.9. The number of nitrogens with one attached hydrogen (secondary N) is 2. The highest BCUT2D eigenvalue weighted by atomic mass is 15.2. The molecule has 1 saturated heterocycles. The summed E-state index contributed by atoms with van der Waals surface area (Å²) in [5.74, 6) is 1.77. The SMILES string of the molecule is C=C(Nc1ccc(-c2ncc3n2CCNC3)c(N2CCCCCC2)c1)C1CC1. The van der Waals surface area contributed by atoms with Crippen molar-refractivity contribution in [1.82, 2.24) is 14.9 Å². The van der Waals surface area contributed by atoms with Gasteiger partial charge in [-0.1, -0.05) is 19.4 Å². The molecule has 0 bridgehead atoms. The molecule has 28 heavy (non-hydrogen) atoms. The molecule has 2 aliphatic heterocycles. The van der Waals surface area contributed by atoms with Gasteiger partial charge in [0, 0.05) is 55.4 Å². The maximum absolute atomic E-state index is 4.83. The van der Waals surface area contributed by atoms with Crippen LogP contribution in [0.4, 0.5) is 11.4 Å². The van der Waals surface area contributed by atoms with Gasteiger partial charge < -0.3 is 20.1 Å². The van der Waals surface area contributed by atoms with Crippen molar-refractivity contribution in [1.29, 1.82) is 0 Å². The number of nitrogens with zero attached hydrogens (tertiary/aromatic N) is 3. The van der Waals surface area contributed by atoms with Crippen LogP contribution in [0, 0.1) is 5.92 Å². The lowest BCUT2D eigenvalue weighted by molar-refractivity contribution is 0.519. The van der Waals surface area contributed by atoms with Gasteiger partial charge in [-0.3, -0.25) is 0 Å². The van der Waals surface area contributed by atoms with Gasteiger partial charge >= 0.3 is 0 Å². The highest BCUT2D eigenvalue weighted by Gasteiger charge is 2.25. The lowest BCUT2D eigenvalue weighted by Gasteiger charge is -2.27. The average molecular weight is 378 g/mol. The first-order valence-corrected chi connectivity index (χ1v) is 10.9. The Morgan fingerprint density at radius 3 is 2.71 bits per heavy atom. The van der Waals surface area contributed by atoms with E-state index >= 15 is 0 Å². The Bertz CT molecular complexity index is 856. The molecule has 1 aliphatic carbocycles. The molecule has 0 spiro atoms. The minimum absolute atomic E-state index is 0.660. The van der Waals surface area contributed by atoms with Crippen molar-refractivity contribution in [2.24, 2.45) is 5.92 Å². The topological polar surface area (TPSA) is 45.1 Å². The van der Waals surface area contributed by atoms with E-state index in [9.17, 15) is 0 Å². The summed E-state index contributed by atoms with van der Waals surface area (Å²) in [6.45, 7) is 9.43. The van der Waals surface area contributed by atoms with E-state index in [-0.39, 0.29) is 0 Å². The van der Waals surface area contributed by atoms with E-state index in [4.69, 9.17) is 4.98 Å². The summed E-state index contributed by atoms with van der Waals surface area (Å²) in [4.78, 5) is 7.41. The molecule has 2 aromatic rings. The first kappa shape index (κ1) is 17.8. The van der Waals surface area contributed by atoms with Gasteiger partial charge in [0.2, 0.25) is 0 Å². The monoisotopic (exact) mass is 377 g/mol. The van der Waals surface area contributed by atoms with Crippen molar-refractivity contribution >= 4 is 11.4 Å². The standard InChI is InChI=1S/C23H31N5/c1-17(18-6-7-18)26-19-8-9-21(22(14-19)27-11-4-2-3-5-12-27)23-25-16-20-15-24-10-13-28(20)23/h8-9,14,16,18,24,26H,1-7,10-13,15H2. The number of imidazole rings is 1. The molecule has 148 valence electrons. The van der Waals surface area contributed by atoms with Crippen molar-refractivity contribution in [2.75, 3.05) is 29.9 Å². The Morgan fingerprint density at radius 2 is 1.93 bits per heavy atom. The molecule has 3 aliphatic rings. The largest absolute Gasteiger partial charge is 0.371 e. The minimum atomic E-state index is 0.660. The predicted molar refractivity (Wildman–Crippen MR) is 116 cm³/mol. The van der Waals surface area contributed by atoms with Crippen molar-refractivity contribution in [2.45, 2.75) is 51.6 Å². The summed E-state index contributed by atoms with van der Waals surface area (Å²) in [6.07, 6.45) is 9.81. The fraction of sp³-hybridized carbons (Fsp3) is 0.522. The lowest BCUT2D eigenvalue weighted by Crippen LogP contribution is -2.28. The molecule has 0 unspecified atom stereocenters. The van der Waals surface area contributed by atoms with E-state index < -0.39 is 0 Å². The number of fused-ring (bicyclic) bond motifs is 1. The number of aromatic nitrogens is 2. The van der Waals surface area contributed by atoms with Crippen LogP contribution in [0.15, 0.2) is 36.7 Å². The molecule has 0 atom stereocenters. The molecule has 1 aromatic heterocycles. The smallest absolute Gasteiger partial charge is 0.142 e. The second-order valence-electron chi connectivity index (χ2n) is 8.46. The lowest BCUT2D eigenvalue weighted by atomic mass is 10.1. The number of rotatable bonds is 5. The van der Waals surface area contributed by atoms with E-state index in [1.165, 1.54) is 61.2 Å². The predicted octanol–water partition coefficient (Wildman–Crippen LogP) is 4.37. The van der Waals surface area contributed by atoms with Crippen LogP contribution in [-0.4, -0.2) is 29.2 Å². The van der Waals surface area contributed by atoms with Crippen LogP contribution in [0.1, 0.15) is 44.2 Å². The normalized spacial score (nSPS) is 19.8. The van der Waals surface area contributed by atoms with Crippen LogP contribution in [0.2, 0.25) is 0 Å². The Labute approximate surface area is 167 Å². The van der Waals surface area contributed by atoms with E-state index in [1.54, 1.807) is 0 Å². The maximum Gasteiger partial charge on any atom is 0.142 e. The van der Waals surface area contributed by atoms with Gasteiger partial charge in [-0.05, 0) is 49.8 Å². The molecular weight excluding hydrogens is 346 g/mol. The average Bonchev–Trinajstić information content (AvgIpc) is 3.52. The summed E-state index contributed by atoms with van der Waals surface area (Å²) in [7, 11) is 0. The number of hydrogen-bond acceptors (Lipinski definition) is 4. The van der Waals surface area contributed by atoms with Crippen molar-refractivity contribution in [3.63, 3.8) is 0 Å². The molecule has 1 aromatic carbocycles. The number of benzene rings is 1. The van der Waals surface area contributed by atoms with Crippen LogP contribution >= 0.6 is 0 Å². The summed E-state index contributed by atoms with van der Waals surface area (Å²) in [6, 6.07) is 6.80. The summed E-state index contributed by atoms with van der Waals surface area (Å²) >= 11 is 0. The molecule has 5 rings (SSSR count). The number of allylic oxidation sites excluding steroid dienone is 1. The molecule has 2 fully saturated rings. The second kappa shape index (κ2) is 7.63. The van der Waals surface area contributed by atoms with E-state index in [0.29, 0.717) is 5.92 Å². The Kier molecular flexibility index (Phi) is 4.85. The first-order valence-electron chi connectivity index (χ1n) is 10.9. The van der Waals surface area contributed by atoms with Gasteiger partial charge in [-0.15, -0.1) is 0 Å². The van der Waals surface area contributed by atoms with Crippen molar-refractivity contribution < 1.29 is 0 Å². The molecule has 3 heterocycles. The van der Waals surface area contributed by atoms with Crippen molar-refractivity contribution in [3.05, 3.63) is 42.4 Å².